The first-order valence-corrected chi connectivity index (χ1v) is 6.68. The minimum absolute atomic E-state index is 0.122. The molecule has 2 unspecified atom stereocenters. The molecule has 1 aliphatic rings. The molecule has 2 rings (SSSR count). The number of carboxylic acid groups (broad SMARTS) is 1. The number of carbonyl (C=O) groups is 1. The lowest BCUT2D eigenvalue weighted by Gasteiger charge is -2.32. The van der Waals surface area contributed by atoms with Crippen molar-refractivity contribution in [3.63, 3.8) is 0 Å². The quantitative estimate of drug-likeness (QED) is 0.823. The zero-order chi connectivity index (χ0) is 13.6. The number of nitrogens with one attached hydrogen (secondary N) is 1. The van der Waals surface area contributed by atoms with E-state index < -0.39 is 6.09 Å². The topological polar surface area (TPSA) is 62.2 Å². The summed E-state index contributed by atoms with van der Waals surface area (Å²) in [5, 5.41) is 11.7. The maximum Gasteiger partial charge on any atom is 0.405 e. The Bertz CT molecular complexity index is 467. The molecule has 5 heteroatoms. The molecule has 0 aromatic carbocycles. The van der Waals surface area contributed by atoms with Gasteiger partial charge in [0.25, 0.3) is 0 Å². The molecule has 0 radical (unpaired) electrons. The van der Waals surface area contributed by atoms with Crippen LogP contribution < -0.4 is 5.32 Å². The van der Waals surface area contributed by atoms with Crippen LogP contribution in [0.15, 0.2) is 22.9 Å². The lowest BCUT2D eigenvalue weighted by molar-refractivity contribution is 0.167. The van der Waals surface area contributed by atoms with Gasteiger partial charge in [-0.1, -0.05) is 26.8 Å². The number of hydrogen-bond donors (Lipinski definition) is 2. The van der Waals surface area contributed by atoms with Crippen LogP contribution in [0, 0.1) is 5.41 Å². The van der Waals surface area contributed by atoms with E-state index in [1.54, 1.807) is 0 Å². The Morgan fingerprint density at radius 2 is 2.22 bits per heavy atom. The smallest absolute Gasteiger partial charge is 0.405 e. The molecule has 1 aromatic rings. The molecule has 2 N–H and O–H groups in total. The molecular formula is C13H17BrN2O2. The van der Waals surface area contributed by atoms with Crippen molar-refractivity contribution in [1.82, 2.24) is 10.3 Å². The van der Waals surface area contributed by atoms with Gasteiger partial charge < -0.3 is 10.4 Å². The van der Waals surface area contributed by atoms with Gasteiger partial charge in [-0.05, 0) is 39.4 Å². The molecule has 18 heavy (non-hydrogen) atoms. The van der Waals surface area contributed by atoms with Crippen molar-refractivity contribution in [3.8, 4) is 0 Å². The van der Waals surface area contributed by atoms with Crippen LogP contribution in [0.3, 0.4) is 0 Å². The number of pyridine rings is 1. The van der Waals surface area contributed by atoms with Crippen molar-refractivity contribution in [2.24, 2.45) is 5.41 Å². The Hall–Kier alpha value is -1.10. The average Bonchev–Trinajstić information content (AvgIpc) is 2.93. The van der Waals surface area contributed by atoms with Crippen LogP contribution in [-0.4, -0.2) is 21.7 Å². The van der Waals surface area contributed by atoms with E-state index in [4.69, 9.17) is 5.11 Å². The summed E-state index contributed by atoms with van der Waals surface area (Å²) in [7, 11) is 0. The van der Waals surface area contributed by atoms with Crippen molar-refractivity contribution in [2.75, 3.05) is 0 Å². The molecule has 0 aliphatic heterocycles. The molecule has 4 nitrogen and oxygen atoms in total. The standard InChI is InChI=1S/C13H17BrN2O2/c1-12(2,3)13(16-11(17)18)6-9(13)8-4-5-10(14)15-7-8/h4-5,7,9,16H,6H2,1-3H3,(H,17,18). The number of hydrogen-bond acceptors (Lipinski definition) is 2. The summed E-state index contributed by atoms with van der Waals surface area (Å²) in [6, 6.07) is 3.89. The average molecular weight is 313 g/mol. The van der Waals surface area contributed by atoms with Crippen LogP contribution in [0.4, 0.5) is 4.79 Å². The van der Waals surface area contributed by atoms with Crippen LogP contribution in [0.2, 0.25) is 0 Å². The molecule has 2 atom stereocenters. The lowest BCUT2D eigenvalue weighted by Crippen LogP contribution is -2.47. The Kier molecular flexibility index (Phi) is 3.13. The summed E-state index contributed by atoms with van der Waals surface area (Å²) in [6.45, 7) is 6.19. The van der Waals surface area contributed by atoms with Gasteiger partial charge in [-0.3, -0.25) is 0 Å². The van der Waals surface area contributed by atoms with Crippen molar-refractivity contribution in [2.45, 2.75) is 38.6 Å². The van der Waals surface area contributed by atoms with Gasteiger partial charge in [0.15, 0.2) is 0 Å². The van der Waals surface area contributed by atoms with Crippen molar-refractivity contribution in [3.05, 3.63) is 28.5 Å². The van der Waals surface area contributed by atoms with Gasteiger partial charge in [0, 0.05) is 12.1 Å². The highest BCUT2D eigenvalue weighted by Crippen LogP contribution is 2.60. The second-order valence-electron chi connectivity index (χ2n) is 5.82. The Morgan fingerprint density at radius 1 is 1.56 bits per heavy atom. The highest BCUT2D eigenvalue weighted by atomic mass is 79.9. The second-order valence-corrected chi connectivity index (χ2v) is 6.63. The summed E-state index contributed by atoms with van der Waals surface area (Å²) < 4.78 is 0.791. The molecular weight excluding hydrogens is 296 g/mol. The molecule has 1 aromatic heterocycles. The fraction of sp³-hybridized carbons (Fsp3) is 0.538. The van der Waals surface area contributed by atoms with Crippen LogP contribution in [0.1, 0.15) is 38.7 Å². The normalized spacial score (nSPS) is 26.8. The third-order valence-corrected chi connectivity index (χ3v) is 4.25. The minimum atomic E-state index is -0.961. The Labute approximate surface area is 115 Å². The molecule has 0 spiro atoms. The molecule has 1 fully saturated rings. The Morgan fingerprint density at radius 3 is 2.67 bits per heavy atom. The molecule has 98 valence electrons. The number of amides is 1. The summed E-state index contributed by atoms with van der Waals surface area (Å²) in [5.74, 6) is 0.203. The van der Waals surface area contributed by atoms with Gasteiger partial charge in [0.1, 0.15) is 4.60 Å². The summed E-state index contributed by atoms with van der Waals surface area (Å²) >= 11 is 3.30. The first-order valence-electron chi connectivity index (χ1n) is 5.89. The number of nitrogens with zero attached hydrogens (tertiary/aromatic N) is 1. The minimum Gasteiger partial charge on any atom is -0.465 e. The predicted molar refractivity (Wildman–Crippen MR) is 72.6 cm³/mol. The van der Waals surface area contributed by atoms with E-state index in [2.05, 4.69) is 47.0 Å². The monoisotopic (exact) mass is 312 g/mol. The lowest BCUT2D eigenvalue weighted by atomic mass is 9.81. The van der Waals surface area contributed by atoms with E-state index in [-0.39, 0.29) is 16.9 Å². The Balaban J connectivity index is 2.27. The van der Waals surface area contributed by atoms with E-state index in [1.165, 1.54) is 0 Å². The zero-order valence-corrected chi connectivity index (χ0v) is 12.3. The third-order valence-electron chi connectivity index (χ3n) is 3.78. The van der Waals surface area contributed by atoms with Crippen LogP contribution in [-0.2, 0) is 0 Å². The van der Waals surface area contributed by atoms with Gasteiger partial charge >= 0.3 is 6.09 Å². The van der Waals surface area contributed by atoms with Gasteiger partial charge in [-0.25, -0.2) is 9.78 Å². The SMILES string of the molecule is CC(C)(C)C1(NC(=O)O)CC1c1ccc(Br)nc1. The predicted octanol–water partition coefficient (Wildman–Crippen LogP) is 3.38. The summed E-state index contributed by atoms with van der Waals surface area (Å²) in [6.07, 6.45) is 1.68. The molecule has 1 amide bonds. The largest absolute Gasteiger partial charge is 0.465 e. The maximum atomic E-state index is 11.0. The van der Waals surface area contributed by atoms with Crippen molar-refractivity contribution >= 4 is 22.0 Å². The zero-order valence-electron chi connectivity index (χ0n) is 10.7. The van der Waals surface area contributed by atoms with E-state index in [0.717, 1.165) is 16.6 Å². The highest BCUT2D eigenvalue weighted by Gasteiger charge is 2.62. The second kappa shape index (κ2) is 4.23. The number of rotatable bonds is 2. The van der Waals surface area contributed by atoms with E-state index in [1.807, 2.05) is 18.3 Å². The van der Waals surface area contributed by atoms with Gasteiger partial charge in [0.05, 0.1) is 5.54 Å². The van der Waals surface area contributed by atoms with E-state index in [9.17, 15) is 4.79 Å². The third kappa shape index (κ3) is 2.23. The van der Waals surface area contributed by atoms with E-state index in [0.29, 0.717) is 0 Å². The van der Waals surface area contributed by atoms with Gasteiger partial charge in [-0.15, -0.1) is 0 Å². The van der Waals surface area contributed by atoms with Crippen LogP contribution >= 0.6 is 15.9 Å². The van der Waals surface area contributed by atoms with Gasteiger partial charge in [-0.2, -0.15) is 0 Å². The molecule has 1 heterocycles. The molecule has 1 saturated carbocycles. The summed E-state index contributed by atoms with van der Waals surface area (Å²) in [5.41, 5.74) is 0.583. The molecule has 1 aliphatic carbocycles. The fourth-order valence-corrected chi connectivity index (χ4v) is 2.84. The number of aromatic nitrogens is 1. The van der Waals surface area contributed by atoms with E-state index >= 15 is 0 Å². The summed E-state index contributed by atoms with van der Waals surface area (Å²) in [4.78, 5) is 15.2. The van der Waals surface area contributed by atoms with Crippen LogP contribution in [0.25, 0.3) is 0 Å². The number of halogens is 1. The van der Waals surface area contributed by atoms with Crippen molar-refractivity contribution in [1.29, 1.82) is 0 Å². The van der Waals surface area contributed by atoms with Crippen LogP contribution in [0.5, 0.6) is 0 Å². The molecule has 0 bridgehead atoms. The van der Waals surface area contributed by atoms with Gasteiger partial charge in [0.2, 0.25) is 0 Å². The highest BCUT2D eigenvalue weighted by molar-refractivity contribution is 9.10. The van der Waals surface area contributed by atoms with Crippen molar-refractivity contribution < 1.29 is 9.90 Å². The fourth-order valence-electron chi connectivity index (χ4n) is 2.60. The first kappa shape index (κ1) is 13.3. The first-order chi connectivity index (χ1) is 8.26. The maximum absolute atomic E-state index is 11.0. The molecule has 0 saturated heterocycles.